The zero-order valence-corrected chi connectivity index (χ0v) is 27.3. The van der Waals surface area contributed by atoms with E-state index >= 15 is 0 Å². The molecule has 0 bridgehead atoms. The Labute approximate surface area is 272 Å². The largest absolute Gasteiger partial charge is 1.00 e. The second-order valence-corrected chi connectivity index (χ2v) is 9.70. The van der Waals surface area contributed by atoms with Crippen LogP contribution in [0.4, 0.5) is 8.78 Å². The number of rotatable bonds is 11. The average molecular weight is 548 g/mol. The quantitative estimate of drug-likeness (QED) is 0.319. The number of piperidine rings is 1. The first kappa shape index (κ1) is 35.0. The molecule has 38 heavy (non-hydrogen) atoms. The van der Waals surface area contributed by atoms with E-state index in [0.29, 0.717) is 59.8 Å². The van der Waals surface area contributed by atoms with Gasteiger partial charge in [0.25, 0.3) is 0 Å². The first-order valence-corrected chi connectivity index (χ1v) is 13.8. The van der Waals surface area contributed by atoms with Crippen molar-refractivity contribution in [3.8, 4) is 17.2 Å². The maximum absolute atomic E-state index is 14.8. The third-order valence-electron chi connectivity index (χ3n) is 7.50. The molecule has 0 spiro atoms. The summed E-state index contributed by atoms with van der Waals surface area (Å²) >= 11 is 0. The second-order valence-electron chi connectivity index (χ2n) is 9.70. The molecule has 6 heteroatoms. The van der Waals surface area contributed by atoms with Gasteiger partial charge in [0.05, 0.1) is 11.6 Å². The van der Waals surface area contributed by atoms with Crippen LogP contribution in [0.1, 0.15) is 76.5 Å². The Morgan fingerprint density at radius 1 is 1.16 bits per heavy atom. The Morgan fingerprint density at radius 3 is 2.37 bits per heavy atom. The van der Waals surface area contributed by atoms with E-state index in [1.165, 1.54) is 6.07 Å². The van der Waals surface area contributed by atoms with E-state index in [2.05, 4.69) is 29.8 Å². The molecule has 0 radical (unpaired) electrons. The number of alkyl halides is 1. The van der Waals surface area contributed by atoms with Crippen LogP contribution < -0.4 is 56.7 Å². The molecule has 0 atom stereocenters. The number of nitrogens with one attached hydrogen (secondary N) is 1. The van der Waals surface area contributed by atoms with Crippen molar-refractivity contribution < 1.29 is 60.2 Å². The van der Waals surface area contributed by atoms with Gasteiger partial charge in [-0.1, -0.05) is 58.5 Å². The van der Waals surface area contributed by atoms with Crippen molar-refractivity contribution in [1.29, 1.82) is 5.26 Å². The molecule has 0 aromatic heterocycles. The number of hydrogen-bond acceptors (Lipinski definition) is 3. The summed E-state index contributed by atoms with van der Waals surface area (Å²) in [6.45, 7) is 18.4. The first-order valence-electron chi connectivity index (χ1n) is 13.8. The Balaban J connectivity index is 0.00000235. The number of halogens is 2. The molecule has 2 aromatic carbocycles. The predicted molar refractivity (Wildman–Crippen MR) is 152 cm³/mol. The summed E-state index contributed by atoms with van der Waals surface area (Å²) in [5, 5.41) is 12.7. The van der Waals surface area contributed by atoms with Gasteiger partial charge in [0, 0.05) is 17.8 Å². The average Bonchev–Trinajstić information content (AvgIpc) is 2.93. The van der Waals surface area contributed by atoms with Crippen molar-refractivity contribution in [2.75, 3.05) is 26.2 Å². The molecule has 0 saturated carbocycles. The topological polar surface area (TPSA) is 39.1 Å². The summed E-state index contributed by atoms with van der Waals surface area (Å²) in [6, 6.07) is 13.0. The van der Waals surface area contributed by atoms with Crippen LogP contribution in [0.25, 0.3) is 16.8 Å². The van der Waals surface area contributed by atoms with Gasteiger partial charge in [0.1, 0.15) is 11.5 Å². The van der Waals surface area contributed by atoms with E-state index in [9.17, 15) is 14.0 Å². The Bertz CT molecular complexity index is 1050. The number of nitrogens with zero attached hydrogens (tertiary/aromatic N) is 2. The molecular formula is C32H44F2KN3. The van der Waals surface area contributed by atoms with Crippen molar-refractivity contribution in [3.63, 3.8) is 0 Å². The second kappa shape index (κ2) is 17.6. The number of benzene rings is 2. The van der Waals surface area contributed by atoms with Crippen LogP contribution >= 0.6 is 0 Å². The van der Waals surface area contributed by atoms with E-state index in [1.54, 1.807) is 12.1 Å². The SMILES string of the molecule is C=C(NC[CH2-])c1ccc(-c2ccc(CCC3CCN(CC(F)(CC)CC)CC3)c(C#N)c2)c(F)c1.CC.[K+]. The van der Waals surface area contributed by atoms with Crippen LogP contribution in [0.5, 0.6) is 0 Å². The third-order valence-corrected chi connectivity index (χ3v) is 7.50. The summed E-state index contributed by atoms with van der Waals surface area (Å²) in [6.07, 6.45) is 5.09. The first-order chi connectivity index (χ1) is 17.8. The fraction of sp³-hybridized carbons (Fsp3) is 0.500. The van der Waals surface area contributed by atoms with Crippen LogP contribution in [-0.4, -0.2) is 36.7 Å². The molecule has 0 aliphatic carbocycles. The van der Waals surface area contributed by atoms with Crippen LogP contribution in [-0.2, 0) is 6.42 Å². The van der Waals surface area contributed by atoms with E-state index in [4.69, 9.17) is 0 Å². The maximum Gasteiger partial charge on any atom is 1.00 e. The van der Waals surface area contributed by atoms with Gasteiger partial charge in [-0.25, -0.2) is 8.78 Å². The van der Waals surface area contributed by atoms with Crippen molar-refractivity contribution in [2.24, 2.45) is 5.92 Å². The van der Waals surface area contributed by atoms with E-state index in [-0.39, 0.29) is 57.2 Å². The molecule has 3 nitrogen and oxygen atoms in total. The van der Waals surface area contributed by atoms with Crippen molar-refractivity contribution in [1.82, 2.24) is 10.2 Å². The van der Waals surface area contributed by atoms with E-state index in [1.807, 2.05) is 45.9 Å². The van der Waals surface area contributed by atoms with Gasteiger partial charge in [-0.05, 0) is 86.4 Å². The minimum atomic E-state index is -1.08. The van der Waals surface area contributed by atoms with E-state index in [0.717, 1.165) is 44.3 Å². The normalized spacial score (nSPS) is 14.1. The molecule has 2 aromatic rings. The van der Waals surface area contributed by atoms with Crippen LogP contribution in [0, 0.1) is 30.0 Å². The minimum absolute atomic E-state index is 0. The fourth-order valence-corrected chi connectivity index (χ4v) is 4.92. The molecule has 202 valence electrons. The van der Waals surface area contributed by atoms with Gasteiger partial charge >= 0.3 is 51.4 Å². The third kappa shape index (κ3) is 9.84. The summed E-state index contributed by atoms with van der Waals surface area (Å²) in [4.78, 5) is 2.27. The molecule has 1 N–H and O–H groups in total. The molecule has 1 fully saturated rings. The molecular weight excluding hydrogens is 503 g/mol. The van der Waals surface area contributed by atoms with Gasteiger partial charge in [-0.15, -0.1) is 6.54 Å². The van der Waals surface area contributed by atoms with Gasteiger partial charge in [-0.2, -0.15) is 5.26 Å². The van der Waals surface area contributed by atoms with Crippen LogP contribution in [0.15, 0.2) is 43.0 Å². The van der Waals surface area contributed by atoms with Crippen LogP contribution in [0.2, 0.25) is 0 Å². The fourth-order valence-electron chi connectivity index (χ4n) is 4.92. The Kier molecular flexibility index (Phi) is 16.2. The molecule has 3 rings (SSSR count). The standard InChI is InChI=1S/C30H38F2N3.C2H6.K/c1-5-30(32,6-2)21-35-16-14-23(15-17-35)8-9-24-10-11-26(18-27(24)20-33)28-13-12-25(19-29(28)31)22(4)34-7-3;1-2;/h10-13,18-19,23,34H,3-9,14-17,21H2,1-2H3;1-2H3;/q-1;;+1. The molecule has 0 unspecified atom stereocenters. The smallest absolute Gasteiger partial charge is 0.415 e. The summed E-state index contributed by atoms with van der Waals surface area (Å²) < 4.78 is 29.6. The Hall–Kier alpha value is -1.07. The predicted octanol–water partition coefficient (Wildman–Crippen LogP) is 4.96. The van der Waals surface area contributed by atoms with Gasteiger partial charge < -0.3 is 17.1 Å². The molecule has 1 aliphatic rings. The summed E-state index contributed by atoms with van der Waals surface area (Å²) in [5.41, 5.74) is 3.00. The zero-order chi connectivity index (χ0) is 27.4. The number of hydrogen-bond donors (Lipinski definition) is 1. The number of likely N-dealkylation sites (tertiary alicyclic amines) is 1. The molecule has 1 aliphatic heterocycles. The minimum Gasteiger partial charge on any atom is -0.415 e. The van der Waals surface area contributed by atoms with Gasteiger partial charge in [0.2, 0.25) is 0 Å². The van der Waals surface area contributed by atoms with Crippen molar-refractivity contribution in [3.05, 3.63) is 72.4 Å². The van der Waals surface area contributed by atoms with Crippen molar-refractivity contribution in [2.45, 2.75) is 71.9 Å². The maximum atomic E-state index is 14.8. The summed E-state index contributed by atoms with van der Waals surface area (Å²) in [7, 11) is 0. The van der Waals surface area contributed by atoms with Crippen molar-refractivity contribution >= 4 is 5.70 Å². The number of nitriles is 1. The number of aryl methyl sites for hydroxylation is 1. The molecule has 1 heterocycles. The molecule has 0 amide bonds. The zero-order valence-electron chi connectivity index (χ0n) is 24.2. The Morgan fingerprint density at radius 2 is 1.82 bits per heavy atom. The molecule has 1 saturated heterocycles. The van der Waals surface area contributed by atoms with Crippen LogP contribution in [0.3, 0.4) is 0 Å². The monoisotopic (exact) mass is 547 g/mol. The van der Waals surface area contributed by atoms with Gasteiger partial charge in [-0.3, -0.25) is 0 Å². The summed E-state index contributed by atoms with van der Waals surface area (Å²) in [5.74, 6) is 0.237. The van der Waals surface area contributed by atoms with E-state index < -0.39 is 5.67 Å². The van der Waals surface area contributed by atoms with Gasteiger partial charge in [0.15, 0.2) is 0 Å².